The highest BCUT2D eigenvalue weighted by Crippen LogP contribution is 2.45. The summed E-state index contributed by atoms with van der Waals surface area (Å²) in [7, 11) is 0. The molecule has 198 valence electrons. The Balaban J connectivity index is 1.21. The van der Waals surface area contributed by atoms with Gasteiger partial charge in [-0.3, -0.25) is 4.98 Å². The molecule has 4 nitrogen and oxygen atoms in total. The van der Waals surface area contributed by atoms with E-state index in [4.69, 9.17) is 9.72 Å². The number of anilines is 2. The van der Waals surface area contributed by atoms with Crippen LogP contribution >= 0.6 is 22.7 Å². The zero-order valence-corrected chi connectivity index (χ0v) is 24.3. The second kappa shape index (κ2) is 9.81. The van der Waals surface area contributed by atoms with Gasteiger partial charge in [0.05, 0.1) is 12.4 Å². The first-order valence-corrected chi connectivity index (χ1v) is 15.1. The van der Waals surface area contributed by atoms with Crippen LogP contribution in [0.15, 0.2) is 109 Å². The maximum Gasteiger partial charge on any atom is 0.182 e. The van der Waals surface area contributed by atoms with E-state index in [-0.39, 0.29) is 5.41 Å². The summed E-state index contributed by atoms with van der Waals surface area (Å²) in [4.78, 5) is 9.29. The lowest BCUT2D eigenvalue weighted by atomic mass is 9.86. The molecule has 0 bridgehead atoms. The van der Waals surface area contributed by atoms with Gasteiger partial charge in [0, 0.05) is 67.8 Å². The van der Waals surface area contributed by atoms with Crippen LogP contribution in [0.4, 0.5) is 11.4 Å². The van der Waals surface area contributed by atoms with Crippen LogP contribution in [0.25, 0.3) is 31.4 Å². The van der Waals surface area contributed by atoms with E-state index in [1.54, 1.807) is 22.7 Å². The maximum absolute atomic E-state index is 6.48. The Bertz CT molecular complexity index is 1860. The molecule has 1 aliphatic rings. The molecular formula is C34H29N3OS2. The lowest BCUT2D eigenvalue weighted by Crippen LogP contribution is -2.24. The SMILES string of the molecule is CC(C)(C)c1ccnc(-c2c3ccsc3cc3sc(Oc4cccc(N5C=CN(c6ccccc6)C5)c4)cc23)c1. The molecule has 7 rings (SSSR count). The summed E-state index contributed by atoms with van der Waals surface area (Å²) >= 11 is 3.46. The quantitative estimate of drug-likeness (QED) is 0.210. The number of benzene rings is 3. The Labute approximate surface area is 242 Å². The van der Waals surface area contributed by atoms with Gasteiger partial charge in [0.2, 0.25) is 0 Å². The van der Waals surface area contributed by atoms with Gasteiger partial charge in [0.1, 0.15) is 5.75 Å². The number of pyridine rings is 1. The summed E-state index contributed by atoms with van der Waals surface area (Å²) in [6, 6.07) is 29.8. The third-order valence-corrected chi connectivity index (χ3v) is 9.13. The van der Waals surface area contributed by atoms with Crippen molar-refractivity contribution in [1.29, 1.82) is 0 Å². The van der Waals surface area contributed by atoms with E-state index in [2.05, 4.69) is 121 Å². The van der Waals surface area contributed by atoms with Crippen molar-refractivity contribution in [3.63, 3.8) is 0 Å². The topological polar surface area (TPSA) is 28.6 Å². The van der Waals surface area contributed by atoms with E-state index in [1.165, 1.54) is 37.0 Å². The van der Waals surface area contributed by atoms with Crippen LogP contribution in [0.1, 0.15) is 26.3 Å². The molecule has 0 unspecified atom stereocenters. The summed E-state index contributed by atoms with van der Waals surface area (Å²) in [6.45, 7) is 7.50. The Morgan fingerprint density at radius 2 is 1.57 bits per heavy atom. The van der Waals surface area contributed by atoms with Crippen molar-refractivity contribution in [3.8, 4) is 22.1 Å². The van der Waals surface area contributed by atoms with Crippen molar-refractivity contribution >= 4 is 54.2 Å². The monoisotopic (exact) mass is 559 g/mol. The van der Waals surface area contributed by atoms with Gasteiger partial charge >= 0.3 is 0 Å². The van der Waals surface area contributed by atoms with Crippen molar-refractivity contribution in [1.82, 2.24) is 4.98 Å². The lowest BCUT2D eigenvalue weighted by Gasteiger charge is -2.21. The van der Waals surface area contributed by atoms with Crippen molar-refractivity contribution in [2.24, 2.45) is 0 Å². The highest BCUT2D eigenvalue weighted by atomic mass is 32.1. The van der Waals surface area contributed by atoms with Gasteiger partial charge in [-0.15, -0.1) is 11.3 Å². The molecule has 0 spiro atoms. The van der Waals surface area contributed by atoms with Crippen LogP contribution in [0.2, 0.25) is 0 Å². The predicted octanol–water partition coefficient (Wildman–Crippen LogP) is 10.0. The molecule has 3 aromatic heterocycles. The molecule has 0 amide bonds. The fraction of sp³-hybridized carbons (Fsp3) is 0.147. The van der Waals surface area contributed by atoms with E-state index >= 15 is 0 Å². The van der Waals surface area contributed by atoms with Gasteiger partial charge in [0.25, 0.3) is 0 Å². The van der Waals surface area contributed by atoms with E-state index in [9.17, 15) is 0 Å². The van der Waals surface area contributed by atoms with Gasteiger partial charge in [0.15, 0.2) is 5.06 Å². The first kappa shape index (κ1) is 24.9. The van der Waals surface area contributed by atoms with E-state index < -0.39 is 0 Å². The molecule has 0 aliphatic carbocycles. The molecule has 3 aromatic carbocycles. The average molecular weight is 560 g/mol. The van der Waals surface area contributed by atoms with Gasteiger partial charge in [-0.1, -0.05) is 56.4 Å². The minimum atomic E-state index is 0.0515. The highest BCUT2D eigenvalue weighted by Gasteiger charge is 2.20. The lowest BCUT2D eigenvalue weighted by molar-refractivity contribution is 0.497. The number of para-hydroxylation sites is 1. The molecule has 1 aliphatic heterocycles. The Morgan fingerprint density at radius 1 is 0.775 bits per heavy atom. The maximum atomic E-state index is 6.48. The van der Waals surface area contributed by atoms with Crippen molar-refractivity contribution < 1.29 is 4.74 Å². The standard InChI is InChI=1S/C34H29N3OS2/c1-34(2,3)23-12-14-35-29(18-23)33-27-13-17-39-30(27)21-31-28(33)20-32(40-31)38-26-11-7-10-25(19-26)37-16-15-36(22-37)24-8-5-4-6-9-24/h4-21H,22H2,1-3H3. The van der Waals surface area contributed by atoms with E-state index in [1.807, 2.05) is 18.3 Å². The summed E-state index contributed by atoms with van der Waals surface area (Å²) in [5.41, 5.74) is 5.80. The van der Waals surface area contributed by atoms with Gasteiger partial charge in [-0.2, -0.15) is 0 Å². The minimum absolute atomic E-state index is 0.0515. The number of rotatable bonds is 5. The summed E-state index contributed by atoms with van der Waals surface area (Å²) in [5, 5.41) is 5.47. The van der Waals surface area contributed by atoms with Crippen LogP contribution in [0.5, 0.6) is 10.8 Å². The van der Waals surface area contributed by atoms with Crippen molar-refractivity contribution in [2.75, 3.05) is 16.5 Å². The fourth-order valence-corrected chi connectivity index (χ4v) is 7.05. The Morgan fingerprint density at radius 3 is 2.40 bits per heavy atom. The fourth-order valence-electron chi connectivity index (χ4n) is 5.16. The Kier molecular flexibility index (Phi) is 6.10. The van der Waals surface area contributed by atoms with Crippen molar-refractivity contribution in [3.05, 3.63) is 114 Å². The van der Waals surface area contributed by atoms with Crippen molar-refractivity contribution in [2.45, 2.75) is 26.2 Å². The molecule has 0 radical (unpaired) electrons. The van der Waals surface area contributed by atoms with Gasteiger partial charge < -0.3 is 14.5 Å². The number of nitrogens with zero attached hydrogens (tertiary/aromatic N) is 3. The van der Waals surface area contributed by atoms with Gasteiger partial charge in [-0.25, -0.2) is 0 Å². The van der Waals surface area contributed by atoms with Gasteiger partial charge in [-0.05, 0) is 64.9 Å². The largest absolute Gasteiger partial charge is 0.447 e. The van der Waals surface area contributed by atoms with Crippen LogP contribution in [-0.4, -0.2) is 11.7 Å². The molecule has 4 heterocycles. The molecule has 6 aromatic rings. The zero-order valence-electron chi connectivity index (χ0n) is 22.7. The molecule has 0 saturated heterocycles. The molecule has 0 atom stereocenters. The second-order valence-electron chi connectivity index (χ2n) is 11.1. The number of aromatic nitrogens is 1. The molecule has 0 N–H and O–H groups in total. The number of fused-ring (bicyclic) bond motifs is 2. The number of thiophene rings is 2. The predicted molar refractivity (Wildman–Crippen MR) is 171 cm³/mol. The van der Waals surface area contributed by atoms with Crippen LogP contribution < -0.4 is 14.5 Å². The molecular weight excluding hydrogens is 531 g/mol. The van der Waals surface area contributed by atoms with Crippen LogP contribution in [0.3, 0.4) is 0 Å². The summed E-state index contributed by atoms with van der Waals surface area (Å²) < 4.78 is 8.96. The summed E-state index contributed by atoms with van der Waals surface area (Å²) in [5.74, 6) is 0.826. The summed E-state index contributed by atoms with van der Waals surface area (Å²) in [6.07, 6.45) is 6.17. The normalized spacial score (nSPS) is 13.6. The molecule has 0 saturated carbocycles. The number of hydrogen-bond acceptors (Lipinski definition) is 6. The van der Waals surface area contributed by atoms with Crippen LogP contribution in [0, 0.1) is 0 Å². The first-order valence-electron chi connectivity index (χ1n) is 13.4. The first-order chi connectivity index (χ1) is 19.4. The third-order valence-electron chi connectivity index (χ3n) is 7.30. The molecule has 40 heavy (non-hydrogen) atoms. The molecule has 6 heteroatoms. The average Bonchev–Trinajstić information content (AvgIpc) is 3.72. The van der Waals surface area contributed by atoms with Crippen LogP contribution in [-0.2, 0) is 5.41 Å². The molecule has 0 fully saturated rings. The minimum Gasteiger partial charge on any atom is -0.447 e. The zero-order chi connectivity index (χ0) is 27.3. The third kappa shape index (κ3) is 4.63. The number of hydrogen-bond donors (Lipinski definition) is 0. The van der Waals surface area contributed by atoms with E-state index in [0.717, 1.165) is 28.9 Å². The smallest absolute Gasteiger partial charge is 0.182 e. The number of ether oxygens (including phenoxy) is 1. The Hall–Kier alpha value is -4.13. The second-order valence-corrected chi connectivity index (χ2v) is 13.0. The van der Waals surface area contributed by atoms with E-state index in [0.29, 0.717) is 0 Å². The highest BCUT2D eigenvalue weighted by molar-refractivity contribution is 7.22.